The summed E-state index contributed by atoms with van der Waals surface area (Å²) in [6.45, 7) is 9.79. The van der Waals surface area contributed by atoms with E-state index in [0.29, 0.717) is 5.41 Å². The molecular weight excluding hydrogens is 212 g/mol. The summed E-state index contributed by atoms with van der Waals surface area (Å²) in [6.07, 6.45) is 6.19. The zero-order chi connectivity index (χ0) is 12.4. The SMILES string of the molecule is CC1(C)CCCN(C2(CN)CCOCC2)CC1. The van der Waals surface area contributed by atoms with Gasteiger partial charge in [-0.2, -0.15) is 0 Å². The second-order valence-corrected chi connectivity index (χ2v) is 6.55. The predicted molar refractivity (Wildman–Crippen MR) is 71.0 cm³/mol. The maximum absolute atomic E-state index is 6.09. The first kappa shape index (κ1) is 13.3. The lowest BCUT2D eigenvalue weighted by Crippen LogP contribution is -2.57. The molecule has 3 heteroatoms. The summed E-state index contributed by atoms with van der Waals surface area (Å²) in [5.74, 6) is 0. The molecule has 0 aromatic rings. The van der Waals surface area contributed by atoms with Crippen molar-refractivity contribution in [3.05, 3.63) is 0 Å². The molecule has 0 amide bonds. The Labute approximate surface area is 106 Å². The minimum absolute atomic E-state index is 0.235. The van der Waals surface area contributed by atoms with Crippen molar-refractivity contribution in [1.82, 2.24) is 4.90 Å². The van der Waals surface area contributed by atoms with Gasteiger partial charge in [0.15, 0.2) is 0 Å². The molecule has 17 heavy (non-hydrogen) atoms. The van der Waals surface area contributed by atoms with Crippen LogP contribution in [0.3, 0.4) is 0 Å². The molecule has 100 valence electrons. The molecule has 2 rings (SSSR count). The topological polar surface area (TPSA) is 38.5 Å². The van der Waals surface area contributed by atoms with E-state index < -0.39 is 0 Å². The van der Waals surface area contributed by atoms with Gasteiger partial charge in [-0.05, 0) is 50.6 Å². The van der Waals surface area contributed by atoms with Gasteiger partial charge in [-0.15, -0.1) is 0 Å². The van der Waals surface area contributed by atoms with E-state index in [-0.39, 0.29) is 5.54 Å². The molecule has 2 fully saturated rings. The number of rotatable bonds is 2. The molecule has 2 heterocycles. The molecule has 0 aromatic carbocycles. The summed E-state index contributed by atoms with van der Waals surface area (Å²) in [4.78, 5) is 2.67. The van der Waals surface area contributed by atoms with Crippen LogP contribution in [0.4, 0.5) is 0 Å². The Bertz CT molecular complexity index is 247. The number of nitrogens with zero attached hydrogens (tertiary/aromatic N) is 1. The van der Waals surface area contributed by atoms with Crippen LogP contribution in [0.2, 0.25) is 0 Å². The van der Waals surface area contributed by atoms with Gasteiger partial charge >= 0.3 is 0 Å². The third kappa shape index (κ3) is 3.01. The second-order valence-electron chi connectivity index (χ2n) is 6.55. The Morgan fingerprint density at radius 2 is 1.76 bits per heavy atom. The third-order valence-electron chi connectivity index (χ3n) is 4.81. The van der Waals surface area contributed by atoms with Crippen molar-refractivity contribution >= 4 is 0 Å². The monoisotopic (exact) mass is 240 g/mol. The summed E-state index contributed by atoms with van der Waals surface area (Å²) in [5, 5.41) is 0. The summed E-state index contributed by atoms with van der Waals surface area (Å²) >= 11 is 0. The molecule has 0 unspecified atom stereocenters. The molecule has 2 aliphatic rings. The van der Waals surface area contributed by atoms with Crippen molar-refractivity contribution in [2.75, 3.05) is 32.8 Å². The average Bonchev–Trinajstić information content (AvgIpc) is 2.51. The van der Waals surface area contributed by atoms with E-state index in [2.05, 4.69) is 18.7 Å². The maximum Gasteiger partial charge on any atom is 0.0484 e. The van der Waals surface area contributed by atoms with Crippen LogP contribution in [0.25, 0.3) is 0 Å². The second kappa shape index (κ2) is 5.25. The van der Waals surface area contributed by atoms with Crippen molar-refractivity contribution in [2.24, 2.45) is 11.1 Å². The van der Waals surface area contributed by atoms with E-state index in [0.717, 1.165) is 32.6 Å². The highest BCUT2D eigenvalue weighted by molar-refractivity contribution is 4.95. The Morgan fingerprint density at radius 1 is 1.06 bits per heavy atom. The Kier molecular flexibility index (Phi) is 4.11. The molecule has 2 saturated heterocycles. The smallest absolute Gasteiger partial charge is 0.0484 e. The summed E-state index contributed by atoms with van der Waals surface area (Å²) in [5.41, 5.74) is 6.83. The Morgan fingerprint density at radius 3 is 2.41 bits per heavy atom. The molecule has 0 radical (unpaired) electrons. The highest BCUT2D eigenvalue weighted by atomic mass is 16.5. The van der Waals surface area contributed by atoms with E-state index in [1.165, 1.54) is 32.4 Å². The van der Waals surface area contributed by atoms with Crippen molar-refractivity contribution in [2.45, 2.75) is 51.5 Å². The number of nitrogens with two attached hydrogens (primary N) is 1. The van der Waals surface area contributed by atoms with Crippen LogP contribution < -0.4 is 5.73 Å². The van der Waals surface area contributed by atoms with Gasteiger partial charge in [-0.25, -0.2) is 0 Å². The minimum Gasteiger partial charge on any atom is -0.381 e. The molecule has 0 atom stereocenters. The van der Waals surface area contributed by atoms with Gasteiger partial charge in [-0.1, -0.05) is 13.8 Å². The fourth-order valence-corrected chi connectivity index (χ4v) is 3.30. The lowest BCUT2D eigenvalue weighted by Gasteiger charge is -2.45. The normalized spacial score (nSPS) is 29.8. The molecule has 2 N–H and O–H groups in total. The summed E-state index contributed by atoms with van der Waals surface area (Å²) < 4.78 is 5.51. The molecule has 0 aromatic heterocycles. The Balaban J connectivity index is 2.04. The van der Waals surface area contributed by atoms with Crippen LogP contribution in [-0.2, 0) is 4.74 Å². The summed E-state index contributed by atoms with van der Waals surface area (Å²) in [7, 11) is 0. The van der Waals surface area contributed by atoms with Crippen molar-refractivity contribution in [3.63, 3.8) is 0 Å². The van der Waals surface area contributed by atoms with Crippen molar-refractivity contribution in [3.8, 4) is 0 Å². The standard InChI is InChI=1S/C14H28N2O/c1-13(2)4-3-8-16(9-5-13)14(12-15)6-10-17-11-7-14/h3-12,15H2,1-2H3. The van der Waals surface area contributed by atoms with Crippen LogP contribution in [0.5, 0.6) is 0 Å². The number of ether oxygens (including phenoxy) is 1. The van der Waals surface area contributed by atoms with E-state index in [1.54, 1.807) is 0 Å². The fourth-order valence-electron chi connectivity index (χ4n) is 3.30. The summed E-state index contributed by atoms with van der Waals surface area (Å²) in [6, 6.07) is 0. The average molecular weight is 240 g/mol. The maximum atomic E-state index is 6.09. The first-order valence-electron chi connectivity index (χ1n) is 7.11. The van der Waals surface area contributed by atoms with Crippen LogP contribution >= 0.6 is 0 Å². The number of likely N-dealkylation sites (tertiary alicyclic amines) is 1. The first-order chi connectivity index (χ1) is 8.08. The van der Waals surface area contributed by atoms with Crippen LogP contribution in [-0.4, -0.2) is 43.3 Å². The van der Waals surface area contributed by atoms with Crippen molar-refractivity contribution < 1.29 is 4.74 Å². The molecule has 0 spiro atoms. The molecule has 3 nitrogen and oxygen atoms in total. The van der Waals surface area contributed by atoms with Gasteiger partial charge in [0.25, 0.3) is 0 Å². The molecule has 0 bridgehead atoms. The van der Waals surface area contributed by atoms with Gasteiger partial charge in [0.2, 0.25) is 0 Å². The molecule has 2 aliphatic heterocycles. The van der Waals surface area contributed by atoms with E-state index in [1.807, 2.05) is 0 Å². The highest BCUT2D eigenvalue weighted by Gasteiger charge is 2.38. The molecule has 0 aliphatic carbocycles. The van der Waals surface area contributed by atoms with E-state index in [4.69, 9.17) is 10.5 Å². The zero-order valence-electron chi connectivity index (χ0n) is 11.5. The number of hydrogen-bond acceptors (Lipinski definition) is 3. The van der Waals surface area contributed by atoms with Gasteiger partial charge in [0.05, 0.1) is 0 Å². The third-order valence-corrected chi connectivity index (χ3v) is 4.81. The van der Waals surface area contributed by atoms with Gasteiger partial charge in [0, 0.05) is 25.3 Å². The molecule has 0 saturated carbocycles. The minimum atomic E-state index is 0.235. The van der Waals surface area contributed by atoms with E-state index >= 15 is 0 Å². The quantitative estimate of drug-likeness (QED) is 0.802. The van der Waals surface area contributed by atoms with Crippen LogP contribution in [0, 0.1) is 5.41 Å². The van der Waals surface area contributed by atoms with E-state index in [9.17, 15) is 0 Å². The fraction of sp³-hybridized carbons (Fsp3) is 1.00. The van der Waals surface area contributed by atoms with Gasteiger partial charge in [0.1, 0.15) is 0 Å². The number of hydrogen-bond donors (Lipinski definition) is 1. The van der Waals surface area contributed by atoms with Crippen LogP contribution in [0.1, 0.15) is 46.0 Å². The zero-order valence-corrected chi connectivity index (χ0v) is 11.5. The Hall–Kier alpha value is -0.120. The predicted octanol–water partition coefficient (Wildman–Crippen LogP) is 2.01. The first-order valence-corrected chi connectivity index (χ1v) is 7.11. The lowest BCUT2D eigenvalue weighted by molar-refractivity contribution is -0.0238. The molecular formula is C14H28N2O. The lowest BCUT2D eigenvalue weighted by atomic mass is 9.85. The highest BCUT2D eigenvalue weighted by Crippen LogP contribution is 2.35. The van der Waals surface area contributed by atoms with Crippen molar-refractivity contribution in [1.29, 1.82) is 0 Å². The van der Waals surface area contributed by atoms with Gasteiger partial charge < -0.3 is 10.5 Å². The van der Waals surface area contributed by atoms with Crippen LogP contribution in [0.15, 0.2) is 0 Å². The largest absolute Gasteiger partial charge is 0.381 e. The van der Waals surface area contributed by atoms with Gasteiger partial charge in [-0.3, -0.25) is 4.90 Å².